The molecule has 150 valence electrons. The van der Waals surface area contributed by atoms with Gasteiger partial charge in [0.25, 0.3) is 0 Å². The number of methoxy groups -OCH3 is 1. The Morgan fingerprint density at radius 1 is 1.14 bits per heavy atom. The van der Waals surface area contributed by atoms with Gasteiger partial charge in [-0.1, -0.05) is 35.9 Å². The number of rotatable bonds is 7. The van der Waals surface area contributed by atoms with Gasteiger partial charge >= 0.3 is 12.1 Å². The van der Waals surface area contributed by atoms with Crippen molar-refractivity contribution in [3.63, 3.8) is 0 Å². The molecule has 0 fully saturated rings. The first-order valence-corrected chi connectivity index (χ1v) is 8.60. The van der Waals surface area contributed by atoms with Crippen molar-refractivity contribution in [2.24, 2.45) is 0 Å². The molecule has 0 bridgehead atoms. The summed E-state index contributed by atoms with van der Waals surface area (Å²) in [6, 6.07) is 10.5. The van der Waals surface area contributed by atoms with Gasteiger partial charge in [0.2, 0.25) is 5.91 Å². The maximum absolute atomic E-state index is 12.8. The van der Waals surface area contributed by atoms with Gasteiger partial charge in [0.1, 0.15) is 0 Å². The van der Waals surface area contributed by atoms with E-state index in [1.165, 1.54) is 19.2 Å². The molecule has 0 spiro atoms. The molecule has 0 saturated carbocycles. The van der Waals surface area contributed by atoms with E-state index in [0.29, 0.717) is 10.6 Å². The fourth-order valence-corrected chi connectivity index (χ4v) is 2.75. The van der Waals surface area contributed by atoms with Crippen molar-refractivity contribution < 1.29 is 27.5 Å². The lowest BCUT2D eigenvalue weighted by atomic mass is 10.0. The van der Waals surface area contributed by atoms with Crippen LogP contribution in [-0.4, -0.2) is 25.5 Å². The van der Waals surface area contributed by atoms with Crippen molar-refractivity contribution >= 4 is 29.2 Å². The van der Waals surface area contributed by atoms with Gasteiger partial charge in [0, 0.05) is 10.7 Å². The molecular weight excluding hydrogens is 397 g/mol. The molecule has 9 heteroatoms. The Morgan fingerprint density at radius 3 is 2.50 bits per heavy atom. The highest BCUT2D eigenvalue weighted by Crippen LogP contribution is 2.30. The molecule has 2 aromatic carbocycles. The Morgan fingerprint density at radius 2 is 1.86 bits per heavy atom. The largest absolute Gasteiger partial charge is 0.469 e. The van der Waals surface area contributed by atoms with Crippen molar-refractivity contribution in [3.05, 3.63) is 64.7 Å². The number of esters is 1. The number of ether oxygens (including phenoxy) is 1. The van der Waals surface area contributed by atoms with Crippen LogP contribution in [0.1, 0.15) is 23.6 Å². The van der Waals surface area contributed by atoms with Gasteiger partial charge in [-0.2, -0.15) is 13.2 Å². The summed E-state index contributed by atoms with van der Waals surface area (Å²) in [5.74, 6) is -1.07. The number of benzene rings is 2. The third-order valence-electron chi connectivity index (χ3n) is 3.86. The standard InChI is InChI=1S/C19H18ClF3N2O3/c1-28-18(27)10-16(14-7-2-3-8-15(14)20)25-17(26)11-24-13-6-4-5-12(9-13)19(21,22)23/h2-9,16,24H,10-11H2,1H3,(H,25,26). The van der Waals surface area contributed by atoms with Gasteiger partial charge in [0.05, 0.1) is 31.7 Å². The number of halogens is 4. The van der Waals surface area contributed by atoms with Crippen molar-refractivity contribution in [2.45, 2.75) is 18.6 Å². The summed E-state index contributed by atoms with van der Waals surface area (Å²) >= 11 is 6.14. The third kappa shape index (κ3) is 6.16. The maximum Gasteiger partial charge on any atom is 0.416 e. The van der Waals surface area contributed by atoms with E-state index in [-0.39, 0.29) is 18.7 Å². The fraction of sp³-hybridized carbons (Fsp3) is 0.263. The van der Waals surface area contributed by atoms with Crippen LogP contribution in [0.2, 0.25) is 5.02 Å². The Hall–Kier alpha value is -2.74. The fourth-order valence-electron chi connectivity index (χ4n) is 2.48. The molecule has 5 nitrogen and oxygen atoms in total. The molecule has 2 aromatic rings. The quantitative estimate of drug-likeness (QED) is 0.667. The second kappa shape index (κ2) is 9.45. The van der Waals surface area contributed by atoms with E-state index in [9.17, 15) is 22.8 Å². The lowest BCUT2D eigenvalue weighted by Gasteiger charge is -2.20. The molecule has 0 radical (unpaired) electrons. The zero-order valence-corrected chi connectivity index (χ0v) is 15.6. The predicted molar refractivity (Wildman–Crippen MR) is 98.9 cm³/mol. The Labute approximate surface area is 164 Å². The second-order valence-corrected chi connectivity index (χ2v) is 6.26. The molecular formula is C19H18ClF3N2O3. The minimum atomic E-state index is -4.48. The average molecular weight is 415 g/mol. The number of carbonyl (C=O) groups is 2. The van der Waals surface area contributed by atoms with E-state index in [4.69, 9.17) is 11.6 Å². The van der Waals surface area contributed by atoms with E-state index in [1.54, 1.807) is 24.3 Å². The molecule has 2 rings (SSSR count). The molecule has 0 aliphatic rings. The van der Waals surface area contributed by atoms with Crippen LogP contribution in [0.25, 0.3) is 0 Å². The highest BCUT2D eigenvalue weighted by atomic mass is 35.5. The summed E-state index contributed by atoms with van der Waals surface area (Å²) in [6.45, 7) is -0.288. The topological polar surface area (TPSA) is 67.4 Å². The van der Waals surface area contributed by atoms with E-state index >= 15 is 0 Å². The summed E-state index contributed by atoms with van der Waals surface area (Å²) in [5, 5.41) is 5.64. The summed E-state index contributed by atoms with van der Waals surface area (Å²) in [6.07, 6.45) is -4.62. The molecule has 0 aromatic heterocycles. The van der Waals surface area contributed by atoms with Crippen LogP contribution >= 0.6 is 11.6 Å². The molecule has 0 aliphatic heterocycles. The molecule has 0 saturated heterocycles. The minimum Gasteiger partial charge on any atom is -0.469 e. The van der Waals surface area contributed by atoms with Crippen LogP contribution < -0.4 is 10.6 Å². The number of alkyl halides is 3. The number of nitrogens with one attached hydrogen (secondary N) is 2. The number of hydrogen-bond acceptors (Lipinski definition) is 4. The molecule has 0 aliphatic carbocycles. The first kappa shape index (κ1) is 21.6. The van der Waals surface area contributed by atoms with E-state index in [1.807, 2.05) is 0 Å². The first-order chi connectivity index (χ1) is 13.2. The zero-order chi connectivity index (χ0) is 20.7. The van der Waals surface area contributed by atoms with Crippen molar-refractivity contribution in [1.82, 2.24) is 5.32 Å². The second-order valence-electron chi connectivity index (χ2n) is 5.85. The van der Waals surface area contributed by atoms with Crippen LogP contribution in [0.15, 0.2) is 48.5 Å². The summed E-state index contributed by atoms with van der Waals surface area (Å²) in [7, 11) is 1.23. The Bertz CT molecular complexity index is 843. The number of amides is 1. The zero-order valence-electron chi connectivity index (χ0n) is 14.8. The van der Waals surface area contributed by atoms with Crippen molar-refractivity contribution in [3.8, 4) is 0 Å². The average Bonchev–Trinajstić information content (AvgIpc) is 2.65. The third-order valence-corrected chi connectivity index (χ3v) is 4.20. The van der Waals surface area contributed by atoms with Gasteiger partial charge < -0.3 is 15.4 Å². The lowest BCUT2D eigenvalue weighted by molar-refractivity contribution is -0.141. The van der Waals surface area contributed by atoms with E-state index < -0.39 is 29.7 Å². The van der Waals surface area contributed by atoms with Gasteiger partial charge in [-0.25, -0.2) is 0 Å². The van der Waals surface area contributed by atoms with Crippen molar-refractivity contribution in [2.75, 3.05) is 19.0 Å². The molecule has 28 heavy (non-hydrogen) atoms. The molecule has 1 amide bonds. The summed E-state index contributed by atoms with van der Waals surface area (Å²) in [4.78, 5) is 23.9. The maximum atomic E-state index is 12.8. The Balaban J connectivity index is 2.06. The number of anilines is 1. The number of hydrogen-bond donors (Lipinski definition) is 2. The SMILES string of the molecule is COC(=O)CC(NC(=O)CNc1cccc(C(F)(F)F)c1)c1ccccc1Cl. The smallest absolute Gasteiger partial charge is 0.416 e. The van der Waals surface area contributed by atoms with Crippen LogP contribution in [0.5, 0.6) is 0 Å². The van der Waals surface area contributed by atoms with Gasteiger partial charge in [0.15, 0.2) is 0 Å². The normalized spacial score (nSPS) is 12.2. The minimum absolute atomic E-state index is 0.143. The van der Waals surface area contributed by atoms with Crippen molar-refractivity contribution in [1.29, 1.82) is 0 Å². The number of carbonyl (C=O) groups excluding carboxylic acids is 2. The van der Waals surface area contributed by atoms with E-state index in [2.05, 4.69) is 15.4 Å². The van der Waals surface area contributed by atoms with Crippen LogP contribution in [-0.2, 0) is 20.5 Å². The molecule has 0 heterocycles. The van der Waals surface area contributed by atoms with Crippen LogP contribution in [0.4, 0.5) is 18.9 Å². The van der Waals surface area contributed by atoms with Crippen LogP contribution in [0.3, 0.4) is 0 Å². The van der Waals surface area contributed by atoms with Gasteiger partial charge in [-0.3, -0.25) is 9.59 Å². The molecule has 1 unspecified atom stereocenters. The highest BCUT2D eigenvalue weighted by Gasteiger charge is 2.30. The molecule has 1 atom stereocenters. The van der Waals surface area contributed by atoms with Gasteiger partial charge in [-0.05, 0) is 29.8 Å². The summed E-state index contributed by atoms with van der Waals surface area (Å²) in [5.41, 5.74) is -0.147. The summed E-state index contributed by atoms with van der Waals surface area (Å²) < 4.78 is 42.9. The monoisotopic (exact) mass is 414 g/mol. The highest BCUT2D eigenvalue weighted by molar-refractivity contribution is 6.31. The molecule has 2 N–H and O–H groups in total. The lowest BCUT2D eigenvalue weighted by Crippen LogP contribution is -2.34. The first-order valence-electron chi connectivity index (χ1n) is 8.22. The van der Waals surface area contributed by atoms with E-state index in [0.717, 1.165) is 12.1 Å². The Kier molecular flexibility index (Phi) is 7.28. The van der Waals surface area contributed by atoms with Crippen LogP contribution in [0, 0.1) is 0 Å². The van der Waals surface area contributed by atoms with Gasteiger partial charge in [-0.15, -0.1) is 0 Å². The predicted octanol–water partition coefficient (Wildman–Crippen LogP) is 4.19.